The molecule has 2 heteroatoms. The van der Waals surface area contributed by atoms with Gasteiger partial charge in [-0.25, -0.2) is 0 Å². The van der Waals surface area contributed by atoms with Crippen LogP contribution in [0.2, 0.25) is 0 Å². The molecule has 0 heterocycles. The summed E-state index contributed by atoms with van der Waals surface area (Å²) in [6.45, 7) is 7.23. The van der Waals surface area contributed by atoms with Crippen molar-refractivity contribution in [2.24, 2.45) is 17.8 Å². The molecule has 2 saturated carbocycles. The van der Waals surface area contributed by atoms with Gasteiger partial charge in [0.25, 0.3) is 0 Å². The van der Waals surface area contributed by atoms with Gasteiger partial charge in [0.1, 0.15) is 0 Å². The van der Waals surface area contributed by atoms with Gasteiger partial charge >= 0.3 is 0 Å². The lowest BCUT2D eigenvalue weighted by Gasteiger charge is -2.25. The second-order valence-corrected chi connectivity index (χ2v) is 5.21. The van der Waals surface area contributed by atoms with Crippen LogP contribution in [-0.2, 0) is 4.74 Å². The fourth-order valence-electron chi connectivity index (χ4n) is 3.03. The van der Waals surface area contributed by atoms with Gasteiger partial charge in [0, 0.05) is 12.6 Å². The molecule has 0 aromatic heterocycles. The summed E-state index contributed by atoms with van der Waals surface area (Å²) in [4.78, 5) is 0. The van der Waals surface area contributed by atoms with E-state index < -0.39 is 0 Å². The molecule has 0 amide bonds. The SMILES string of the molecule is CCCNC(COCC)C1CC2CC2C1. The first-order chi connectivity index (χ1) is 7.35. The van der Waals surface area contributed by atoms with Crippen molar-refractivity contribution >= 4 is 0 Å². The van der Waals surface area contributed by atoms with Crippen LogP contribution in [0.15, 0.2) is 0 Å². The van der Waals surface area contributed by atoms with Crippen LogP contribution in [0, 0.1) is 17.8 Å². The standard InChI is InChI=1S/C13H25NO/c1-3-5-14-13(9-15-4-2)12-7-10-6-11(10)8-12/h10-14H,3-9H2,1-2H3. The van der Waals surface area contributed by atoms with Crippen molar-refractivity contribution in [2.75, 3.05) is 19.8 Å². The molecule has 2 aliphatic carbocycles. The normalized spacial score (nSPS) is 35.2. The zero-order valence-corrected chi connectivity index (χ0v) is 10.2. The van der Waals surface area contributed by atoms with E-state index >= 15 is 0 Å². The summed E-state index contributed by atoms with van der Waals surface area (Å²) in [5, 5.41) is 3.66. The first kappa shape index (κ1) is 11.4. The number of hydrogen-bond donors (Lipinski definition) is 1. The lowest BCUT2D eigenvalue weighted by Crippen LogP contribution is -2.40. The van der Waals surface area contributed by atoms with Crippen molar-refractivity contribution in [2.45, 2.75) is 45.6 Å². The summed E-state index contributed by atoms with van der Waals surface area (Å²) in [6, 6.07) is 0.623. The molecule has 15 heavy (non-hydrogen) atoms. The van der Waals surface area contributed by atoms with Crippen molar-refractivity contribution in [3.63, 3.8) is 0 Å². The molecule has 88 valence electrons. The molecule has 0 aromatic rings. The molecule has 0 spiro atoms. The van der Waals surface area contributed by atoms with E-state index in [-0.39, 0.29) is 0 Å². The van der Waals surface area contributed by atoms with Gasteiger partial charge < -0.3 is 10.1 Å². The Morgan fingerprint density at radius 1 is 1.20 bits per heavy atom. The summed E-state index contributed by atoms with van der Waals surface area (Å²) in [5.74, 6) is 3.07. The van der Waals surface area contributed by atoms with Crippen LogP contribution in [0.4, 0.5) is 0 Å². The van der Waals surface area contributed by atoms with Crippen molar-refractivity contribution in [1.29, 1.82) is 0 Å². The highest BCUT2D eigenvalue weighted by Gasteiger charge is 2.47. The molecule has 2 aliphatic rings. The van der Waals surface area contributed by atoms with Gasteiger partial charge in [0.2, 0.25) is 0 Å². The van der Waals surface area contributed by atoms with E-state index in [2.05, 4.69) is 19.2 Å². The first-order valence-corrected chi connectivity index (χ1v) is 6.66. The molecule has 0 saturated heterocycles. The second kappa shape index (κ2) is 5.31. The zero-order chi connectivity index (χ0) is 10.7. The Balaban J connectivity index is 1.75. The molecule has 0 aliphatic heterocycles. The average molecular weight is 211 g/mol. The van der Waals surface area contributed by atoms with E-state index in [0.717, 1.165) is 37.5 Å². The van der Waals surface area contributed by atoms with Crippen LogP contribution in [0.3, 0.4) is 0 Å². The molecule has 2 nitrogen and oxygen atoms in total. The molecule has 3 unspecified atom stereocenters. The van der Waals surface area contributed by atoms with Gasteiger partial charge in [-0.2, -0.15) is 0 Å². The first-order valence-electron chi connectivity index (χ1n) is 6.66. The number of nitrogens with one attached hydrogen (secondary N) is 1. The molecular formula is C13H25NO. The maximum atomic E-state index is 5.59. The summed E-state index contributed by atoms with van der Waals surface area (Å²) >= 11 is 0. The van der Waals surface area contributed by atoms with Gasteiger partial charge in [-0.1, -0.05) is 6.92 Å². The minimum atomic E-state index is 0.623. The maximum Gasteiger partial charge on any atom is 0.0622 e. The van der Waals surface area contributed by atoms with Crippen LogP contribution in [0.1, 0.15) is 39.5 Å². The molecule has 3 atom stereocenters. The molecule has 0 radical (unpaired) electrons. The van der Waals surface area contributed by atoms with Crippen LogP contribution < -0.4 is 5.32 Å². The summed E-state index contributed by atoms with van der Waals surface area (Å²) in [7, 11) is 0. The van der Waals surface area contributed by atoms with E-state index in [1.165, 1.54) is 25.7 Å². The molecule has 0 bridgehead atoms. The van der Waals surface area contributed by atoms with Gasteiger partial charge in [-0.05, 0) is 56.9 Å². The Labute approximate surface area is 93.8 Å². The quantitative estimate of drug-likeness (QED) is 0.698. The van der Waals surface area contributed by atoms with Crippen LogP contribution in [0.5, 0.6) is 0 Å². The topological polar surface area (TPSA) is 21.3 Å². The Morgan fingerprint density at radius 2 is 1.93 bits per heavy atom. The van der Waals surface area contributed by atoms with Crippen molar-refractivity contribution in [3.8, 4) is 0 Å². The highest BCUT2D eigenvalue weighted by Crippen LogP contribution is 2.55. The molecule has 2 rings (SSSR count). The van der Waals surface area contributed by atoms with E-state index in [1.54, 1.807) is 0 Å². The van der Waals surface area contributed by atoms with Crippen molar-refractivity contribution < 1.29 is 4.74 Å². The largest absolute Gasteiger partial charge is 0.380 e. The number of rotatable bonds is 7. The molecule has 1 N–H and O–H groups in total. The predicted octanol–water partition coefficient (Wildman–Crippen LogP) is 2.44. The average Bonchev–Trinajstić information content (AvgIpc) is 2.86. The highest BCUT2D eigenvalue weighted by molar-refractivity contribution is 4.99. The van der Waals surface area contributed by atoms with E-state index in [4.69, 9.17) is 4.74 Å². The number of ether oxygens (including phenoxy) is 1. The zero-order valence-electron chi connectivity index (χ0n) is 10.2. The Bertz CT molecular complexity index is 177. The summed E-state index contributed by atoms with van der Waals surface area (Å²) in [5.41, 5.74) is 0. The Kier molecular flexibility index (Phi) is 4.04. The monoisotopic (exact) mass is 211 g/mol. The fraction of sp³-hybridized carbons (Fsp3) is 1.00. The second-order valence-electron chi connectivity index (χ2n) is 5.21. The fourth-order valence-corrected chi connectivity index (χ4v) is 3.03. The van der Waals surface area contributed by atoms with Gasteiger partial charge in [0.15, 0.2) is 0 Å². The van der Waals surface area contributed by atoms with Gasteiger partial charge in [-0.15, -0.1) is 0 Å². The van der Waals surface area contributed by atoms with Gasteiger partial charge in [0.05, 0.1) is 6.61 Å². The van der Waals surface area contributed by atoms with E-state index in [0.29, 0.717) is 6.04 Å². The lowest BCUT2D eigenvalue weighted by molar-refractivity contribution is 0.101. The molecule has 2 fully saturated rings. The Morgan fingerprint density at radius 3 is 2.53 bits per heavy atom. The predicted molar refractivity (Wildman–Crippen MR) is 62.9 cm³/mol. The van der Waals surface area contributed by atoms with Crippen molar-refractivity contribution in [1.82, 2.24) is 5.32 Å². The minimum Gasteiger partial charge on any atom is -0.380 e. The third-order valence-corrected chi connectivity index (χ3v) is 4.01. The molecule has 0 aromatic carbocycles. The van der Waals surface area contributed by atoms with Gasteiger partial charge in [-0.3, -0.25) is 0 Å². The third-order valence-electron chi connectivity index (χ3n) is 4.01. The number of fused-ring (bicyclic) bond motifs is 1. The number of hydrogen-bond acceptors (Lipinski definition) is 2. The highest BCUT2D eigenvalue weighted by atomic mass is 16.5. The van der Waals surface area contributed by atoms with E-state index in [9.17, 15) is 0 Å². The van der Waals surface area contributed by atoms with Crippen LogP contribution in [-0.4, -0.2) is 25.8 Å². The summed E-state index contributed by atoms with van der Waals surface area (Å²) < 4.78 is 5.59. The minimum absolute atomic E-state index is 0.623. The lowest BCUT2D eigenvalue weighted by atomic mass is 9.95. The molecular weight excluding hydrogens is 186 g/mol. The van der Waals surface area contributed by atoms with E-state index in [1.807, 2.05) is 0 Å². The van der Waals surface area contributed by atoms with Crippen LogP contribution >= 0.6 is 0 Å². The Hall–Kier alpha value is -0.0800. The third kappa shape index (κ3) is 2.94. The van der Waals surface area contributed by atoms with Crippen LogP contribution in [0.25, 0.3) is 0 Å². The smallest absolute Gasteiger partial charge is 0.0622 e. The maximum absolute atomic E-state index is 5.59. The summed E-state index contributed by atoms with van der Waals surface area (Å²) in [6.07, 6.45) is 5.66. The van der Waals surface area contributed by atoms with Crippen molar-refractivity contribution in [3.05, 3.63) is 0 Å².